The Morgan fingerprint density at radius 2 is 1.83 bits per heavy atom. The molecule has 0 saturated carbocycles. The summed E-state index contributed by atoms with van der Waals surface area (Å²) in [6.45, 7) is 5.15. The van der Waals surface area contributed by atoms with Gasteiger partial charge in [0.05, 0.1) is 25.6 Å². The van der Waals surface area contributed by atoms with Crippen LogP contribution in [0.25, 0.3) is 0 Å². The largest absolute Gasteiger partial charge is 0.493 e. The molecule has 2 aliphatic heterocycles. The molecule has 36 heavy (non-hydrogen) atoms. The number of piperidine rings is 1. The fourth-order valence-electron chi connectivity index (χ4n) is 4.29. The van der Waals surface area contributed by atoms with Gasteiger partial charge >= 0.3 is 0 Å². The van der Waals surface area contributed by atoms with Crippen molar-refractivity contribution in [2.24, 2.45) is 0 Å². The highest BCUT2D eigenvalue weighted by Crippen LogP contribution is 2.32. The Morgan fingerprint density at radius 1 is 0.944 bits per heavy atom. The number of fused-ring (bicyclic) bond motifs is 1. The number of nitrogens with zero attached hydrogens (tertiary/aromatic N) is 4. The summed E-state index contributed by atoms with van der Waals surface area (Å²) in [5.41, 5.74) is 1.54. The predicted octanol–water partition coefficient (Wildman–Crippen LogP) is 4.39. The van der Waals surface area contributed by atoms with Gasteiger partial charge < -0.3 is 34.5 Å². The molecule has 0 bridgehead atoms. The molecule has 0 amide bonds. The molecule has 10 heteroatoms. The Hall–Kier alpha value is -3.79. The summed E-state index contributed by atoms with van der Waals surface area (Å²) in [5, 5.41) is 6.45. The molecular formula is C26H32N6O4. The number of hydrogen-bond acceptors (Lipinski definition) is 10. The molecule has 0 radical (unpaired) electrons. The van der Waals surface area contributed by atoms with Crippen LogP contribution in [0.3, 0.4) is 0 Å². The Labute approximate surface area is 211 Å². The Kier molecular flexibility index (Phi) is 7.82. The van der Waals surface area contributed by atoms with Gasteiger partial charge in [-0.1, -0.05) is 6.42 Å². The Balaban J connectivity index is 1.17. The summed E-state index contributed by atoms with van der Waals surface area (Å²) in [4.78, 5) is 15.7. The quantitative estimate of drug-likeness (QED) is 0.396. The topological polar surface area (TPSA) is 103 Å². The average Bonchev–Trinajstić information content (AvgIpc) is 2.92. The summed E-state index contributed by atoms with van der Waals surface area (Å²) in [6.07, 6.45) is 8.32. The lowest BCUT2D eigenvalue weighted by atomic mass is 10.1. The number of rotatable bonds is 10. The average molecular weight is 493 g/mol. The number of pyridine rings is 1. The molecule has 10 nitrogen and oxygen atoms in total. The van der Waals surface area contributed by atoms with Gasteiger partial charge in [0.25, 0.3) is 5.88 Å². The lowest BCUT2D eigenvalue weighted by Gasteiger charge is -2.26. The molecule has 1 fully saturated rings. The van der Waals surface area contributed by atoms with Gasteiger partial charge in [0.2, 0.25) is 5.95 Å². The summed E-state index contributed by atoms with van der Waals surface area (Å²) < 4.78 is 22.6. The maximum atomic E-state index is 6.00. The monoisotopic (exact) mass is 492 g/mol. The van der Waals surface area contributed by atoms with E-state index in [1.165, 1.54) is 32.4 Å². The first-order valence-electron chi connectivity index (χ1n) is 12.4. The van der Waals surface area contributed by atoms with Crippen LogP contribution in [0.15, 0.2) is 42.7 Å². The van der Waals surface area contributed by atoms with Gasteiger partial charge in [0.1, 0.15) is 19.0 Å². The van der Waals surface area contributed by atoms with Crippen LogP contribution in [0.2, 0.25) is 0 Å². The Bertz CT molecular complexity index is 1160. The van der Waals surface area contributed by atoms with Gasteiger partial charge in [0, 0.05) is 30.6 Å². The summed E-state index contributed by atoms with van der Waals surface area (Å²) in [6, 6.07) is 9.34. The smallest absolute Gasteiger partial charge is 0.257 e. The molecule has 2 aromatic heterocycles. The molecule has 0 unspecified atom stereocenters. The van der Waals surface area contributed by atoms with E-state index in [0.717, 1.165) is 30.1 Å². The lowest BCUT2D eigenvalue weighted by molar-refractivity contribution is 0.164. The Morgan fingerprint density at radius 3 is 2.72 bits per heavy atom. The fraction of sp³-hybridized carbons (Fsp3) is 0.423. The van der Waals surface area contributed by atoms with Crippen molar-refractivity contribution in [2.45, 2.75) is 25.7 Å². The first-order chi connectivity index (χ1) is 17.8. The molecule has 1 saturated heterocycles. The van der Waals surface area contributed by atoms with E-state index >= 15 is 0 Å². The zero-order valence-corrected chi connectivity index (χ0v) is 20.5. The van der Waals surface area contributed by atoms with E-state index in [1.807, 2.05) is 24.3 Å². The third-order valence-electron chi connectivity index (χ3n) is 6.07. The van der Waals surface area contributed by atoms with Crippen LogP contribution in [0, 0.1) is 0 Å². The number of likely N-dealkylation sites (tertiary alicyclic amines) is 1. The third kappa shape index (κ3) is 6.25. The lowest BCUT2D eigenvalue weighted by Crippen LogP contribution is -2.31. The number of anilines is 4. The summed E-state index contributed by atoms with van der Waals surface area (Å²) >= 11 is 0. The van der Waals surface area contributed by atoms with Crippen molar-refractivity contribution in [2.75, 3.05) is 57.2 Å². The number of benzene rings is 1. The van der Waals surface area contributed by atoms with E-state index in [9.17, 15) is 0 Å². The van der Waals surface area contributed by atoms with Crippen LogP contribution in [-0.2, 0) is 0 Å². The number of nitrogens with one attached hydrogen (secondary N) is 2. The maximum absolute atomic E-state index is 6.00. The van der Waals surface area contributed by atoms with E-state index < -0.39 is 0 Å². The van der Waals surface area contributed by atoms with E-state index in [0.29, 0.717) is 49.0 Å². The molecule has 0 atom stereocenters. The normalized spacial score (nSPS) is 15.2. The molecule has 4 heterocycles. The van der Waals surface area contributed by atoms with Crippen molar-refractivity contribution in [1.29, 1.82) is 0 Å². The van der Waals surface area contributed by atoms with Gasteiger partial charge in [-0.05, 0) is 50.6 Å². The van der Waals surface area contributed by atoms with Gasteiger partial charge in [-0.2, -0.15) is 4.98 Å². The highest BCUT2D eigenvalue weighted by atomic mass is 16.6. The van der Waals surface area contributed by atoms with Crippen LogP contribution in [0.1, 0.15) is 25.7 Å². The van der Waals surface area contributed by atoms with Crippen LogP contribution in [0.4, 0.5) is 23.1 Å². The molecule has 3 aromatic rings. The molecular weight excluding hydrogens is 460 g/mol. The second-order valence-corrected chi connectivity index (χ2v) is 8.71. The number of ether oxygens (including phenoxy) is 4. The van der Waals surface area contributed by atoms with E-state index in [2.05, 4.69) is 30.5 Å². The number of methoxy groups -OCH3 is 1. The molecule has 2 aliphatic rings. The van der Waals surface area contributed by atoms with Crippen LogP contribution in [0.5, 0.6) is 23.1 Å². The fourth-order valence-corrected chi connectivity index (χ4v) is 4.29. The minimum Gasteiger partial charge on any atom is -0.493 e. The predicted molar refractivity (Wildman–Crippen MR) is 137 cm³/mol. The van der Waals surface area contributed by atoms with Crippen molar-refractivity contribution in [1.82, 2.24) is 19.9 Å². The van der Waals surface area contributed by atoms with Gasteiger partial charge in [-0.15, -0.1) is 0 Å². The van der Waals surface area contributed by atoms with Crippen molar-refractivity contribution in [3.63, 3.8) is 0 Å². The van der Waals surface area contributed by atoms with Crippen molar-refractivity contribution >= 4 is 23.1 Å². The second kappa shape index (κ2) is 11.8. The maximum Gasteiger partial charge on any atom is 0.257 e. The van der Waals surface area contributed by atoms with Crippen molar-refractivity contribution in [3.05, 3.63) is 42.7 Å². The summed E-state index contributed by atoms with van der Waals surface area (Å²) in [7, 11) is 1.64. The number of hydrogen-bond donors (Lipinski definition) is 2. The second-order valence-electron chi connectivity index (χ2n) is 8.71. The highest BCUT2D eigenvalue weighted by molar-refractivity contribution is 5.63. The first-order valence-corrected chi connectivity index (χ1v) is 12.4. The van der Waals surface area contributed by atoms with E-state index in [-0.39, 0.29) is 0 Å². The minimum absolute atomic E-state index is 0.447. The minimum atomic E-state index is 0.447. The van der Waals surface area contributed by atoms with Gasteiger partial charge in [-0.3, -0.25) is 0 Å². The summed E-state index contributed by atoms with van der Waals surface area (Å²) in [5.74, 6) is 3.56. The zero-order chi connectivity index (χ0) is 24.6. The van der Waals surface area contributed by atoms with Crippen LogP contribution >= 0.6 is 0 Å². The molecule has 190 valence electrons. The molecule has 0 aliphatic carbocycles. The van der Waals surface area contributed by atoms with E-state index in [4.69, 9.17) is 18.9 Å². The highest BCUT2D eigenvalue weighted by Gasteiger charge is 2.14. The molecule has 2 N–H and O–H groups in total. The van der Waals surface area contributed by atoms with Crippen LogP contribution < -0.4 is 29.6 Å². The van der Waals surface area contributed by atoms with E-state index in [1.54, 1.807) is 25.6 Å². The SMILES string of the molecule is COc1cc(Nc2nccc(Nc3cnc4c(c3)OCCO4)n2)ccc1OCCCN1CCCCC1. The third-order valence-corrected chi connectivity index (χ3v) is 6.07. The van der Waals surface area contributed by atoms with Gasteiger partial charge in [0.15, 0.2) is 17.2 Å². The molecule has 1 aromatic carbocycles. The number of aromatic nitrogens is 3. The first kappa shape index (κ1) is 23.9. The molecule has 0 spiro atoms. The zero-order valence-electron chi connectivity index (χ0n) is 20.5. The van der Waals surface area contributed by atoms with Crippen molar-refractivity contribution in [3.8, 4) is 23.1 Å². The molecule has 5 rings (SSSR count). The van der Waals surface area contributed by atoms with Gasteiger partial charge in [-0.25, -0.2) is 9.97 Å². The van der Waals surface area contributed by atoms with Crippen molar-refractivity contribution < 1.29 is 18.9 Å². The van der Waals surface area contributed by atoms with Crippen LogP contribution in [-0.4, -0.2) is 66.4 Å². The standard InChI is InChI=1S/C26H32N6O4/c1-33-22-16-19(6-7-21(22)34-13-5-12-32-10-3-2-4-11-32)30-26-27-9-8-24(31-26)29-20-17-23-25(28-18-20)36-15-14-35-23/h6-9,16-18H,2-5,10-15H2,1H3,(H2,27,29,30,31).